The van der Waals surface area contributed by atoms with Crippen LogP contribution in [0, 0.1) is 0 Å². The van der Waals surface area contributed by atoms with E-state index in [-0.39, 0.29) is 0 Å². The molecule has 0 saturated heterocycles. The van der Waals surface area contributed by atoms with Crippen LogP contribution in [0.5, 0.6) is 0 Å². The van der Waals surface area contributed by atoms with Crippen molar-refractivity contribution < 1.29 is 0 Å². The molecule has 116 valence electrons. The highest BCUT2D eigenvalue weighted by Crippen LogP contribution is 2.23. The Balaban J connectivity index is 1.53. The first-order chi connectivity index (χ1) is 11.3. The predicted molar refractivity (Wildman–Crippen MR) is 91.8 cm³/mol. The van der Waals surface area contributed by atoms with Crippen LogP contribution in [0.15, 0.2) is 42.0 Å². The van der Waals surface area contributed by atoms with Gasteiger partial charge in [-0.05, 0) is 24.3 Å². The van der Waals surface area contributed by atoms with Gasteiger partial charge in [-0.2, -0.15) is 0 Å². The zero-order chi connectivity index (χ0) is 15.6. The summed E-state index contributed by atoms with van der Waals surface area (Å²) >= 11 is 1.70. The Morgan fingerprint density at radius 3 is 2.83 bits per heavy atom. The van der Waals surface area contributed by atoms with E-state index >= 15 is 0 Å². The highest BCUT2D eigenvalue weighted by molar-refractivity contribution is 7.09. The average molecular weight is 323 g/mol. The summed E-state index contributed by atoms with van der Waals surface area (Å²) in [5.74, 6) is 0.775. The molecule has 0 amide bonds. The van der Waals surface area contributed by atoms with Gasteiger partial charge in [0.15, 0.2) is 5.82 Å². The molecule has 1 aliphatic heterocycles. The molecule has 0 bridgehead atoms. The molecule has 1 aliphatic rings. The number of thiazole rings is 1. The maximum atomic E-state index is 5.74. The van der Waals surface area contributed by atoms with Crippen molar-refractivity contribution in [3.8, 4) is 11.4 Å². The Kier molecular flexibility index (Phi) is 3.77. The van der Waals surface area contributed by atoms with Crippen LogP contribution in [-0.2, 0) is 19.5 Å². The number of nitrogens with zero attached hydrogens (tertiary/aromatic N) is 4. The fraction of sp³-hybridized carbons (Fsp3) is 0.235. The van der Waals surface area contributed by atoms with E-state index in [1.807, 2.05) is 42.0 Å². The summed E-state index contributed by atoms with van der Waals surface area (Å²) in [5.41, 5.74) is 9.87. The number of benzene rings is 1. The molecule has 0 radical (unpaired) electrons. The second-order valence-electron chi connectivity index (χ2n) is 5.67. The molecule has 5 nitrogen and oxygen atoms in total. The molecule has 0 aliphatic carbocycles. The van der Waals surface area contributed by atoms with Crippen LogP contribution in [-0.4, -0.2) is 26.4 Å². The van der Waals surface area contributed by atoms with Crippen molar-refractivity contribution in [3.63, 3.8) is 0 Å². The van der Waals surface area contributed by atoms with Crippen LogP contribution >= 0.6 is 11.3 Å². The number of anilines is 1. The average Bonchev–Trinajstić information content (AvgIpc) is 3.08. The van der Waals surface area contributed by atoms with E-state index in [1.54, 1.807) is 11.3 Å². The molecule has 1 aromatic carbocycles. The molecule has 2 aromatic heterocycles. The van der Waals surface area contributed by atoms with Gasteiger partial charge in [-0.1, -0.05) is 0 Å². The fourth-order valence-corrected chi connectivity index (χ4v) is 3.46. The fourth-order valence-electron chi connectivity index (χ4n) is 2.80. The van der Waals surface area contributed by atoms with Crippen molar-refractivity contribution in [3.05, 3.63) is 58.3 Å². The minimum atomic E-state index is 0.754. The van der Waals surface area contributed by atoms with Gasteiger partial charge in [0.25, 0.3) is 0 Å². The lowest BCUT2D eigenvalue weighted by atomic mass is 10.1. The SMILES string of the molecule is Nc1ccc(-c2ncc3c(n2)CCN(Cc2nccs2)C3)cc1. The zero-order valence-electron chi connectivity index (χ0n) is 12.6. The van der Waals surface area contributed by atoms with Crippen LogP contribution < -0.4 is 5.73 Å². The molecule has 23 heavy (non-hydrogen) atoms. The first-order valence-corrected chi connectivity index (χ1v) is 8.47. The largest absolute Gasteiger partial charge is 0.399 e. The third kappa shape index (κ3) is 3.09. The van der Waals surface area contributed by atoms with Crippen LogP contribution in [0.2, 0.25) is 0 Å². The van der Waals surface area contributed by atoms with Crippen molar-refractivity contribution in [2.45, 2.75) is 19.5 Å². The molecule has 4 rings (SSSR count). The summed E-state index contributed by atoms with van der Waals surface area (Å²) in [6.07, 6.45) is 4.77. The zero-order valence-corrected chi connectivity index (χ0v) is 13.5. The molecule has 0 unspecified atom stereocenters. The Hall–Kier alpha value is -2.31. The van der Waals surface area contributed by atoms with Crippen LogP contribution in [0.3, 0.4) is 0 Å². The lowest BCUT2D eigenvalue weighted by molar-refractivity contribution is 0.242. The van der Waals surface area contributed by atoms with Gasteiger partial charge in [0, 0.05) is 54.1 Å². The second kappa shape index (κ2) is 6.06. The smallest absolute Gasteiger partial charge is 0.159 e. The minimum Gasteiger partial charge on any atom is -0.399 e. The summed E-state index contributed by atoms with van der Waals surface area (Å²) in [5, 5.41) is 3.18. The second-order valence-corrected chi connectivity index (χ2v) is 6.65. The van der Waals surface area contributed by atoms with Crippen molar-refractivity contribution in [1.29, 1.82) is 0 Å². The molecular weight excluding hydrogens is 306 g/mol. The van der Waals surface area contributed by atoms with Gasteiger partial charge in [-0.25, -0.2) is 15.0 Å². The number of nitrogen functional groups attached to an aromatic ring is 1. The number of nitrogens with two attached hydrogens (primary N) is 1. The van der Waals surface area contributed by atoms with Crippen molar-refractivity contribution in [2.24, 2.45) is 0 Å². The van der Waals surface area contributed by atoms with E-state index in [0.29, 0.717) is 0 Å². The van der Waals surface area contributed by atoms with E-state index in [9.17, 15) is 0 Å². The normalized spacial score (nSPS) is 14.6. The van der Waals surface area contributed by atoms with E-state index in [2.05, 4.69) is 14.9 Å². The molecule has 3 aromatic rings. The van der Waals surface area contributed by atoms with E-state index in [1.165, 1.54) is 5.56 Å². The van der Waals surface area contributed by atoms with Gasteiger partial charge < -0.3 is 5.73 Å². The minimum absolute atomic E-state index is 0.754. The standard InChI is InChI=1S/C17H17N5S/c18-14-3-1-12(2-4-14)17-20-9-13-10-22(7-5-15(13)21-17)11-16-19-6-8-23-16/h1-4,6,8-9H,5,7,10-11,18H2. The number of hydrogen-bond donors (Lipinski definition) is 1. The molecule has 6 heteroatoms. The van der Waals surface area contributed by atoms with Gasteiger partial charge in [0.05, 0.1) is 12.2 Å². The van der Waals surface area contributed by atoms with Gasteiger partial charge >= 0.3 is 0 Å². The molecule has 2 N–H and O–H groups in total. The Bertz CT molecular complexity index is 798. The Morgan fingerprint density at radius 2 is 2.04 bits per heavy atom. The van der Waals surface area contributed by atoms with Gasteiger partial charge in [0.2, 0.25) is 0 Å². The van der Waals surface area contributed by atoms with Crippen molar-refractivity contribution in [2.75, 3.05) is 12.3 Å². The monoisotopic (exact) mass is 323 g/mol. The highest BCUT2D eigenvalue weighted by Gasteiger charge is 2.19. The van der Waals surface area contributed by atoms with Crippen LogP contribution in [0.25, 0.3) is 11.4 Å². The molecule has 0 fully saturated rings. The lowest BCUT2D eigenvalue weighted by Crippen LogP contribution is -2.30. The maximum absolute atomic E-state index is 5.74. The van der Waals surface area contributed by atoms with Gasteiger partial charge in [-0.3, -0.25) is 4.90 Å². The van der Waals surface area contributed by atoms with Crippen LogP contribution in [0.1, 0.15) is 16.3 Å². The van der Waals surface area contributed by atoms with Gasteiger partial charge in [-0.15, -0.1) is 11.3 Å². The van der Waals surface area contributed by atoms with Crippen molar-refractivity contribution >= 4 is 17.0 Å². The van der Waals surface area contributed by atoms with E-state index < -0.39 is 0 Å². The number of fused-ring (bicyclic) bond motifs is 1. The molecule has 0 spiro atoms. The third-order valence-corrected chi connectivity index (χ3v) is 4.79. The topological polar surface area (TPSA) is 67.9 Å². The Labute approximate surface area is 138 Å². The number of hydrogen-bond acceptors (Lipinski definition) is 6. The quantitative estimate of drug-likeness (QED) is 0.751. The summed E-state index contributed by atoms with van der Waals surface area (Å²) in [6, 6.07) is 7.70. The first kappa shape index (κ1) is 14.3. The lowest BCUT2D eigenvalue weighted by Gasteiger charge is -2.27. The summed E-state index contributed by atoms with van der Waals surface area (Å²) < 4.78 is 0. The van der Waals surface area contributed by atoms with E-state index in [4.69, 9.17) is 10.7 Å². The van der Waals surface area contributed by atoms with Crippen molar-refractivity contribution in [1.82, 2.24) is 19.9 Å². The van der Waals surface area contributed by atoms with Crippen LogP contribution in [0.4, 0.5) is 5.69 Å². The predicted octanol–water partition coefficient (Wildman–Crippen LogP) is 2.74. The summed E-state index contributed by atoms with van der Waals surface area (Å²) in [4.78, 5) is 16.0. The molecule has 0 atom stereocenters. The Morgan fingerprint density at radius 1 is 1.17 bits per heavy atom. The molecular formula is C17H17N5S. The number of aromatic nitrogens is 3. The number of rotatable bonds is 3. The van der Waals surface area contributed by atoms with E-state index in [0.717, 1.165) is 53.8 Å². The maximum Gasteiger partial charge on any atom is 0.159 e. The third-order valence-electron chi connectivity index (χ3n) is 4.02. The molecule has 0 saturated carbocycles. The highest BCUT2D eigenvalue weighted by atomic mass is 32.1. The summed E-state index contributed by atoms with van der Waals surface area (Å²) in [6.45, 7) is 2.79. The summed E-state index contributed by atoms with van der Waals surface area (Å²) in [7, 11) is 0. The first-order valence-electron chi connectivity index (χ1n) is 7.59. The molecule has 3 heterocycles. The van der Waals surface area contributed by atoms with Gasteiger partial charge in [0.1, 0.15) is 5.01 Å².